The fourth-order valence-electron chi connectivity index (χ4n) is 1.37. The van der Waals surface area contributed by atoms with Gasteiger partial charge in [-0.2, -0.15) is 0 Å². The van der Waals surface area contributed by atoms with Crippen molar-refractivity contribution in [2.75, 3.05) is 18.8 Å². The standard InChI is InChI=1S/C8H17NOS/c1-7(2)8-6-9-4-3-5-11(8)10/h7-9H,3-6H2,1-2H3. The smallest absolute Gasteiger partial charge is 0.0495 e. The van der Waals surface area contributed by atoms with Gasteiger partial charge in [0.15, 0.2) is 0 Å². The van der Waals surface area contributed by atoms with Crippen LogP contribution in [0.1, 0.15) is 20.3 Å². The van der Waals surface area contributed by atoms with Crippen molar-refractivity contribution >= 4 is 10.8 Å². The maximum Gasteiger partial charge on any atom is 0.0495 e. The van der Waals surface area contributed by atoms with Crippen LogP contribution in [0.2, 0.25) is 0 Å². The highest BCUT2D eigenvalue weighted by atomic mass is 32.2. The summed E-state index contributed by atoms with van der Waals surface area (Å²) in [5, 5.41) is 3.69. The van der Waals surface area contributed by atoms with Gasteiger partial charge in [-0.3, -0.25) is 4.21 Å². The third kappa shape index (κ3) is 2.56. The minimum absolute atomic E-state index is 0.373. The first-order valence-electron chi connectivity index (χ1n) is 4.29. The zero-order chi connectivity index (χ0) is 8.27. The topological polar surface area (TPSA) is 29.1 Å². The van der Waals surface area contributed by atoms with E-state index in [1.807, 2.05) is 0 Å². The van der Waals surface area contributed by atoms with Gasteiger partial charge in [0.1, 0.15) is 0 Å². The molecular weight excluding hydrogens is 158 g/mol. The van der Waals surface area contributed by atoms with E-state index in [1.54, 1.807) is 0 Å². The molecule has 2 unspecified atom stereocenters. The first-order valence-corrected chi connectivity index (χ1v) is 5.68. The molecule has 1 saturated heterocycles. The van der Waals surface area contributed by atoms with Crippen molar-refractivity contribution in [3.8, 4) is 0 Å². The molecule has 0 aliphatic carbocycles. The van der Waals surface area contributed by atoms with Gasteiger partial charge in [-0.25, -0.2) is 0 Å². The Kier molecular flexibility index (Phi) is 3.52. The highest BCUT2D eigenvalue weighted by Crippen LogP contribution is 2.11. The second kappa shape index (κ2) is 4.21. The van der Waals surface area contributed by atoms with Gasteiger partial charge in [-0.05, 0) is 18.9 Å². The molecule has 0 radical (unpaired) electrons. The maximum absolute atomic E-state index is 11.5. The number of nitrogens with one attached hydrogen (secondary N) is 1. The van der Waals surface area contributed by atoms with Crippen molar-refractivity contribution in [3.05, 3.63) is 0 Å². The van der Waals surface area contributed by atoms with Gasteiger partial charge >= 0.3 is 0 Å². The molecule has 2 atom stereocenters. The van der Waals surface area contributed by atoms with E-state index in [2.05, 4.69) is 19.2 Å². The third-order valence-electron chi connectivity index (χ3n) is 2.13. The van der Waals surface area contributed by atoms with E-state index >= 15 is 0 Å². The quantitative estimate of drug-likeness (QED) is 0.637. The summed E-state index contributed by atoms with van der Waals surface area (Å²) in [5.41, 5.74) is 0. The zero-order valence-corrected chi connectivity index (χ0v) is 8.12. The normalized spacial score (nSPS) is 33.7. The fraction of sp³-hybridized carbons (Fsp3) is 1.00. The molecule has 3 heteroatoms. The lowest BCUT2D eigenvalue weighted by Crippen LogP contribution is -2.31. The average molecular weight is 175 g/mol. The Morgan fingerprint density at radius 2 is 2.27 bits per heavy atom. The monoisotopic (exact) mass is 175 g/mol. The number of hydrogen-bond acceptors (Lipinski definition) is 2. The van der Waals surface area contributed by atoms with Crippen molar-refractivity contribution in [1.29, 1.82) is 0 Å². The van der Waals surface area contributed by atoms with Gasteiger partial charge in [-0.1, -0.05) is 13.8 Å². The third-order valence-corrected chi connectivity index (χ3v) is 4.20. The Morgan fingerprint density at radius 1 is 1.55 bits per heavy atom. The van der Waals surface area contributed by atoms with E-state index in [-0.39, 0.29) is 0 Å². The second-order valence-corrected chi connectivity index (χ2v) is 5.20. The van der Waals surface area contributed by atoms with Crippen LogP contribution in [0.4, 0.5) is 0 Å². The minimum atomic E-state index is -0.588. The van der Waals surface area contributed by atoms with Crippen LogP contribution < -0.4 is 5.32 Å². The van der Waals surface area contributed by atoms with E-state index in [9.17, 15) is 4.21 Å². The van der Waals surface area contributed by atoms with Crippen molar-refractivity contribution in [2.24, 2.45) is 5.92 Å². The molecule has 0 bridgehead atoms. The predicted octanol–water partition coefficient (Wildman–Crippen LogP) is 0.753. The summed E-state index contributed by atoms with van der Waals surface area (Å²) in [6, 6.07) is 0. The number of rotatable bonds is 1. The summed E-state index contributed by atoms with van der Waals surface area (Å²) in [4.78, 5) is 0. The molecule has 0 aromatic rings. The van der Waals surface area contributed by atoms with E-state index < -0.39 is 10.8 Å². The Hall–Kier alpha value is 0.110. The van der Waals surface area contributed by atoms with Gasteiger partial charge < -0.3 is 5.32 Å². The maximum atomic E-state index is 11.5. The number of hydrogen-bond donors (Lipinski definition) is 1. The molecule has 1 fully saturated rings. The van der Waals surface area contributed by atoms with Crippen LogP contribution in [0, 0.1) is 5.92 Å². The van der Waals surface area contributed by atoms with Gasteiger partial charge in [0.25, 0.3) is 0 Å². The van der Waals surface area contributed by atoms with Crippen molar-refractivity contribution in [3.63, 3.8) is 0 Å². The van der Waals surface area contributed by atoms with Crippen LogP contribution in [0.15, 0.2) is 0 Å². The second-order valence-electron chi connectivity index (χ2n) is 3.43. The zero-order valence-electron chi connectivity index (χ0n) is 7.30. The molecule has 0 amide bonds. The first kappa shape index (κ1) is 9.20. The molecule has 1 aliphatic rings. The molecule has 11 heavy (non-hydrogen) atoms. The lowest BCUT2D eigenvalue weighted by atomic mass is 10.1. The van der Waals surface area contributed by atoms with Crippen LogP contribution in [-0.4, -0.2) is 28.3 Å². The summed E-state index contributed by atoms with van der Waals surface area (Å²) in [6.45, 7) is 6.27. The SMILES string of the molecule is CC(C)C1CNCCCS1=O. The van der Waals surface area contributed by atoms with Crippen molar-refractivity contribution in [1.82, 2.24) is 5.32 Å². The molecule has 1 aliphatic heterocycles. The van der Waals surface area contributed by atoms with Crippen LogP contribution in [0.25, 0.3) is 0 Å². The van der Waals surface area contributed by atoms with E-state index in [0.717, 1.165) is 25.3 Å². The molecule has 2 nitrogen and oxygen atoms in total. The molecule has 0 aromatic carbocycles. The predicted molar refractivity (Wildman–Crippen MR) is 49.1 cm³/mol. The molecule has 1 rings (SSSR count). The van der Waals surface area contributed by atoms with E-state index in [4.69, 9.17) is 0 Å². The Labute approximate surface area is 71.2 Å². The summed E-state index contributed by atoms with van der Waals surface area (Å²) in [6.07, 6.45) is 1.07. The van der Waals surface area contributed by atoms with Gasteiger partial charge in [0, 0.05) is 28.3 Å². The van der Waals surface area contributed by atoms with Crippen LogP contribution in [0.5, 0.6) is 0 Å². The van der Waals surface area contributed by atoms with Crippen LogP contribution in [-0.2, 0) is 10.8 Å². The Balaban J connectivity index is 2.52. The summed E-state index contributed by atoms with van der Waals surface area (Å²) in [5.74, 6) is 1.43. The van der Waals surface area contributed by atoms with Gasteiger partial charge in [0.05, 0.1) is 0 Å². The lowest BCUT2D eigenvalue weighted by molar-refractivity contribution is 0.549. The van der Waals surface area contributed by atoms with E-state index in [0.29, 0.717) is 11.2 Å². The highest BCUT2D eigenvalue weighted by molar-refractivity contribution is 7.85. The summed E-state index contributed by atoms with van der Waals surface area (Å²) >= 11 is 0. The molecule has 1 N–H and O–H groups in total. The van der Waals surface area contributed by atoms with E-state index in [1.165, 1.54) is 0 Å². The highest BCUT2D eigenvalue weighted by Gasteiger charge is 2.21. The van der Waals surface area contributed by atoms with Crippen molar-refractivity contribution < 1.29 is 4.21 Å². The van der Waals surface area contributed by atoms with Crippen molar-refractivity contribution in [2.45, 2.75) is 25.5 Å². The molecule has 0 aromatic heterocycles. The largest absolute Gasteiger partial charge is 0.315 e. The first-order chi connectivity index (χ1) is 5.22. The Morgan fingerprint density at radius 3 is 2.91 bits per heavy atom. The Bertz CT molecular complexity index is 147. The van der Waals surface area contributed by atoms with Gasteiger partial charge in [-0.15, -0.1) is 0 Å². The molecule has 0 spiro atoms. The minimum Gasteiger partial charge on any atom is -0.315 e. The summed E-state index contributed by atoms with van der Waals surface area (Å²) in [7, 11) is -0.588. The molecule has 0 saturated carbocycles. The molecule has 66 valence electrons. The van der Waals surface area contributed by atoms with Gasteiger partial charge in [0.2, 0.25) is 0 Å². The lowest BCUT2D eigenvalue weighted by Gasteiger charge is -2.17. The molecular formula is C8H17NOS. The summed E-state index contributed by atoms with van der Waals surface area (Å²) < 4.78 is 11.5. The van der Waals surface area contributed by atoms with Crippen LogP contribution in [0.3, 0.4) is 0 Å². The molecule has 1 heterocycles. The average Bonchev–Trinajstić information content (AvgIpc) is 2.13. The van der Waals surface area contributed by atoms with Crippen LogP contribution >= 0.6 is 0 Å². The fourth-order valence-corrected chi connectivity index (χ4v) is 3.01.